The molecule has 0 aromatic carbocycles. The molecule has 0 saturated carbocycles. The summed E-state index contributed by atoms with van der Waals surface area (Å²) in [5.74, 6) is 0. The van der Waals surface area contributed by atoms with Crippen LogP contribution in [-0.4, -0.2) is 5.04 Å². The minimum atomic E-state index is 0.923. The number of hydrogen-bond donors (Lipinski definition) is 2. The van der Waals surface area contributed by atoms with Crippen molar-refractivity contribution in [3.8, 4) is 0 Å². The Balaban J connectivity index is 2.28. The number of thiol groups is 2. The van der Waals surface area contributed by atoms with E-state index in [0.29, 0.717) is 0 Å². The summed E-state index contributed by atoms with van der Waals surface area (Å²) in [6.07, 6.45) is 3.90. The normalized spacial score (nSPS) is 16.8. The van der Waals surface area contributed by atoms with Crippen LogP contribution in [0.25, 0.3) is 5.57 Å². The molecule has 0 atom stereocenters. The summed E-state index contributed by atoms with van der Waals surface area (Å²) < 4.78 is 1.05. The van der Waals surface area contributed by atoms with Gasteiger partial charge in [-0.3, -0.25) is 4.99 Å². The maximum atomic E-state index is 4.28. The van der Waals surface area contributed by atoms with Gasteiger partial charge in [0.1, 0.15) is 0 Å². The summed E-state index contributed by atoms with van der Waals surface area (Å²) in [6, 6.07) is 4.11. The molecular formula is C9H9NS3. The van der Waals surface area contributed by atoms with Crippen LogP contribution in [0.3, 0.4) is 0 Å². The third kappa shape index (κ3) is 2.18. The van der Waals surface area contributed by atoms with Crippen LogP contribution in [-0.2, 0) is 0 Å². The van der Waals surface area contributed by atoms with E-state index < -0.39 is 0 Å². The Kier molecular flexibility index (Phi) is 2.81. The van der Waals surface area contributed by atoms with Crippen molar-refractivity contribution in [2.75, 3.05) is 0 Å². The third-order valence-electron chi connectivity index (χ3n) is 1.90. The van der Waals surface area contributed by atoms with Crippen molar-refractivity contribution >= 4 is 47.2 Å². The first-order valence-corrected chi connectivity index (χ1v) is 5.70. The number of nitrogens with zero attached hydrogens (tertiary/aromatic N) is 1. The lowest BCUT2D eigenvalue weighted by Crippen LogP contribution is -1.94. The molecule has 0 unspecified atom stereocenters. The van der Waals surface area contributed by atoms with Gasteiger partial charge in [-0.05, 0) is 30.5 Å². The predicted molar refractivity (Wildman–Crippen MR) is 65.2 cm³/mol. The zero-order valence-electron chi connectivity index (χ0n) is 6.90. The summed E-state index contributed by atoms with van der Waals surface area (Å²) in [4.78, 5) is 5.47. The van der Waals surface area contributed by atoms with Crippen LogP contribution < -0.4 is 0 Å². The van der Waals surface area contributed by atoms with Crippen LogP contribution in [0.5, 0.6) is 0 Å². The largest absolute Gasteiger partial charge is 0.254 e. The molecule has 2 heterocycles. The van der Waals surface area contributed by atoms with E-state index in [1.54, 1.807) is 11.3 Å². The van der Waals surface area contributed by atoms with Crippen molar-refractivity contribution in [1.29, 1.82) is 0 Å². The highest BCUT2D eigenvalue weighted by atomic mass is 32.2. The van der Waals surface area contributed by atoms with Gasteiger partial charge in [-0.1, -0.05) is 0 Å². The van der Waals surface area contributed by atoms with Crippen molar-refractivity contribution < 1.29 is 0 Å². The van der Waals surface area contributed by atoms with Gasteiger partial charge in [0, 0.05) is 11.1 Å². The number of rotatable bonds is 1. The number of hydrogen-bond acceptors (Lipinski definition) is 3. The molecule has 1 aromatic rings. The van der Waals surface area contributed by atoms with Crippen LogP contribution in [0.1, 0.15) is 17.7 Å². The van der Waals surface area contributed by atoms with Gasteiger partial charge in [0.15, 0.2) is 0 Å². The zero-order valence-corrected chi connectivity index (χ0v) is 9.50. The molecule has 1 aromatic heterocycles. The molecule has 1 aliphatic heterocycles. The SMILES string of the molecule is SC1=NC=C(c2ccc(S)s2)CC1. The van der Waals surface area contributed by atoms with E-state index in [2.05, 4.69) is 36.3 Å². The van der Waals surface area contributed by atoms with Gasteiger partial charge in [-0.15, -0.1) is 36.6 Å². The minimum absolute atomic E-state index is 0.923. The van der Waals surface area contributed by atoms with Crippen molar-refractivity contribution in [3.63, 3.8) is 0 Å². The van der Waals surface area contributed by atoms with Crippen LogP contribution in [0.15, 0.2) is 27.5 Å². The second kappa shape index (κ2) is 3.90. The van der Waals surface area contributed by atoms with E-state index in [-0.39, 0.29) is 0 Å². The molecule has 0 N–H and O–H groups in total. The molecule has 0 amide bonds. The average molecular weight is 227 g/mol. The molecule has 13 heavy (non-hydrogen) atoms. The topological polar surface area (TPSA) is 12.4 Å². The molecule has 0 spiro atoms. The quantitative estimate of drug-likeness (QED) is 0.681. The highest BCUT2D eigenvalue weighted by Gasteiger charge is 2.08. The number of allylic oxidation sites excluding steroid dienone is 1. The Morgan fingerprint density at radius 3 is 2.62 bits per heavy atom. The maximum absolute atomic E-state index is 4.28. The highest BCUT2D eigenvalue weighted by Crippen LogP contribution is 2.31. The van der Waals surface area contributed by atoms with Gasteiger partial charge >= 0.3 is 0 Å². The van der Waals surface area contributed by atoms with E-state index >= 15 is 0 Å². The average Bonchev–Trinajstić information content (AvgIpc) is 2.53. The van der Waals surface area contributed by atoms with Gasteiger partial charge in [-0.25, -0.2) is 0 Å². The van der Waals surface area contributed by atoms with E-state index in [4.69, 9.17) is 0 Å². The molecule has 0 saturated heterocycles. The Morgan fingerprint density at radius 1 is 1.23 bits per heavy atom. The lowest BCUT2D eigenvalue weighted by molar-refractivity contribution is 1.10. The van der Waals surface area contributed by atoms with Gasteiger partial charge in [0.25, 0.3) is 0 Å². The number of aliphatic imine (C=N–C) groups is 1. The van der Waals surface area contributed by atoms with Gasteiger partial charge in [0.2, 0.25) is 0 Å². The molecule has 4 heteroatoms. The molecule has 0 bridgehead atoms. The Hall–Kier alpha value is -0.190. The van der Waals surface area contributed by atoms with Crippen LogP contribution in [0.2, 0.25) is 0 Å². The zero-order chi connectivity index (χ0) is 9.26. The lowest BCUT2D eigenvalue weighted by Gasteiger charge is -2.08. The summed E-state index contributed by atoms with van der Waals surface area (Å²) in [6.45, 7) is 0. The van der Waals surface area contributed by atoms with E-state index in [1.165, 1.54) is 10.5 Å². The molecule has 1 nitrogen and oxygen atoms in total. The summed E-state index contributed by atoms with van der Waals surface area (Å²) in [5, 5.41) is 0.923. The Bertz CT molecular complexity index is 376. The molecule has 0 aliphatic carbocycles. The van der Waals surface area contributed by atoms with E-state index in [9.17, 15) is 0 Å². The van der Waals surface area contributed by atoms with Crippen molar-refractivity contribution in [3.05, 3.63) is 23.2 Å². The minimum Gasteiger partial charge on any atom is -0.254 e. The summed E-state index contributed by atoms with van der Waals surface area (Å²) in [5.41, 5.74) is 1.29. The highest BCUT2D eigenvalue weighted by molar-refractivity contribution is 7.97. The Labute approximate surface area is 92.4 Å². The van der Waals surface area contributed by atoms with Crippen molar-refractivity contribution in [1.82, 2.24) is 0 Å². The molecule has 0 fully saturated rings. The van der Waals surface area contributed by atoms with Gasteiger partial charge in [0.05, 0.1) is 9.25 Å². The molecule has 0 radical (unpaired) electrons. The van der Waals surface area contributed by atoms with E-state index in [1.807, 2.05) is 12.3 Å². The monoisotopic (exact) mass is 227 g/mol. The molecular weight excluding hydrogens is 218 g/mol. The fourth-order valence-electron chi connectivity index (χ4n) is 1.22. The first-order chi connectivity index (χ1) is 6.25. The van der Waals surface area contributed by atoms with Crippen LogP contribution in [0, 0.1) is 0 Å². The van der Waals surface area contributed by atoms with Crippen LogP contribution >= 0.6 is 36.6 Å². The second-order valence-electron chi connectivity index (χ2n) is 2.84. The summed E-state index contributed by atoms with van der Waals surface area (Å²) in [7, 11) is 0. The van der Waals surface area contributed by atoms with Crippen molar-refractivity contribution in [2.24, 2.45) is 4.99 Å². The maximum Gasteiger partial charge on any atom is 0.0704 e. The number of thiophene rings is 1. The molecule has 68 valence electrons. The second-order valence-corrected chi connectivity index (χ2v) is 5.22. The van der Waals surface area contributed by atoms with Crippen LogP contribution in [0.4, 0.5) is 0 Å². The smallest absolute Gasteiger partial charge is 0.0704 e. The first kappa shape index (κ1) is 9.37. The standard InChI is InChI=1S/C9H9NS3/c11-8-3-1-6(5-10-8)7-2-4-9(12)13-7/h2,4-5,12H,1,3H2,(H,10,11). The lowest BCUT2D eigenvalue weighted by atomic mass is 10.1. The predicted octanol–water partition coefficient (Wildman–Crippen LogP) is 3.50. The van der Waals surface area contributed by atoms with Gasteiger partial charge < -0.3 is 0 Å². The molecule has 2 rings (SSSR count). The molecule has 1 aliphatic rings. The van der Waals surface area contributed by atoms with E-state index in [0.717, 1.165) is 22.1 Å². The fourth-order valence-corrected chi connectivity index (χ4v) is 2.54. The fraction of sp³-hybridized carbons (Fsp3) is 0.222. The Morgan fingerprint density at radius 2 is 2.08 bits per heavy atom. The first-order valence-electron chi connectivity index (χ1n) is 3.99. The summed E-state index contributed by atoms with van der Waals surface area (Å²) >= 11 is 10.2. The van der Waals surface area contributed by atoms with Crippen molar-refractivity contribution in [2.45, 2.75) is 17.1 Å². The third-order valence-corrected chi connectivity index (χ3v) is 3.62. The van der Waals surface area contributed by atoms with Gasteiger partial charge in [-0.2, -0.15) is 0 Å².